The third kappa shape index (κ3) is 3.48. The van der Waals surface area contributed by atoms with E-state index >= 15 is 0 Å². The van der Waals surface area contributed by atoms with E-state index in [1.165, 1.54) is 24.9 Å². The van der Waals surface area contributed by atoms with E-state index in [1.807, 2.05) is 6.07 Å². The van der Waals surface area contributed by atoms with Crippen molar-refractivity contribution in [2.45, 2.75) is 25.9 Å². The zero-order chi connectivity index (χ0) is 13.1. The lowest BCUT2D eigenvalue weighted by Gasteiger charge is -2.39. The smallest absolute Gasteiger partial charge is 0.124 e. The maximum atomic E-state index is 5.97. The van der Waals surface area contributed by atoms with Crippen LogP contribution in [0.15, 0.2) is 24.3 Å². The molecule has 0 aliphatic carbocycles. The van der Waals surface area contributed by atoms with Crippen LogP contribution in [0.25, 0.3) is 0 Å². The molecule has 1 atom stereocenters. The van der Waals surface area contributed by atoms with Crippen molar-refractivity contribution in [3.63, 3.8) is 0 Å². The molecule has 2 fully saturated rings. The van der Waals surface area contributed by atoms with Crippen LogP contribution in [0.1, 0.15) is 18.4 Å². The summed E-state index contributed by atoms with van der Waals surface area (Å²) in [4.78, 5) is 2.48. The summed E-state index contributed by atoms with van der Waals surface area (Å²) in [5, 5.41) is 0. The number of hydrogen-bond donors (Lipinski definition) is 0. The number of nitrogens with zero attached hydrogens (tertiary/aromatic N) is 1. The van der Waals surface area contributed by atoms with E-state index in [0.29, 0.717) is 6.10 Å². The van der Waals surface area contributed by atoms with Gasteiger partial charge in [0.05, 0.1) is 0 Å². The van der Waals surface area contributed by atoms with Gasteiger partial charge < -0.3 is 9.47 Å². The summed E-state index contributed by atoms with van der Waals surface area (Å²) in [5.41, 5.74) is 1.26. The molecule has 2 saturated heterocycles. The van der Waals surface area contributed by atoms with Crippen LogP contribution in [0.4, 0.5) is 0 Å². The molecule has 0 bridgehead atoms. The Hall–Kier alpha value is -1.06. The second-order valence-corrected chi connectivity index (χ2v) is 5.83. The summed E-state index contributed by atoms with van der Waals surface area (Å²) in [5.74, 6) is 1.80. The van der Waals surface area contributed by atoms with Crippen LogP contribution in [0.2, 0.25) is 0 Å². The molecule has 3 rings (SSSR count). The van der Waals surface area contributed by atoms with E-state index < -0.39 is 0 Å². The number of ether oxygens (including phenoxy) is 2. The van der Waals surface area contributed by atoms with Gasteiger partial charge in [-0.05, 0) is 49.9 Å². The highest BCUT2D eigenvalue weighted by molar-refractivity contribution is 5.27. The lowest BCUT2D eigenvalue weighted by Crippen LogP contribution is -2.54. The Morgan fingerprint density at radius 2 is 2.26 bits per heavy atom. The first-order valence-electron chi connectivity index (χ1n) is 7.33. The van der Waals surface area contributed by atoms with Gasteiger partial charge in [0.25, 0.3) is 0 Å². The van der Waals surface area contributed by atoms with Crippen molar-refractivity contribution in [3.8, 4) is 5.75 Å². The van der Waals surface area contributed by atoms with Gasteiger partial charge in [0.15, 0.2) is 0 Å². The fraction of sp³-hybridized carbons (Fsp3) is 0.625. The molecule has 0 amide bonds. The van der Waals surface area contributed by atoms with E-state index in [4.69, 9.17) is 9.47 Å². The maximum Gasteiger partial charge on any atom is 0.124 e. The average Bonchev–Trinajstić information content (AvgIpc) is 2.85. The summed E-state index contributed by atoms with van der Waals surface area (Å²) < 4.78 is 11.4. The summed E-state index contributed by atoms with van der Waals surface area (Å²) in [6, 6.07) is 8.31. The molecule has 1 aromatic carbocycles. The first kappa shape index (κ1) is 12.9. The van der Waals surface area contributed by atoms with Gasteiger partial charge in [-0.2, -0.15) is 0 Å². The highest BCUT2D eigenvalue weighted by Crippen LogP contribution is 2.21. The number of likely N-dealkylation sites (tertiary alicyclic amines) is 1. The predicted molar refractivity (Wildman–Crippen MR) is 75.6 cm³/mol. The van der Waals surface area contributed by atoms with Crippen molar-refractivity contribution in [1.29, 1.82) is 0 Å². The van der Waals surface area contributed by atoms with Crippen LogP contribution in [-0.2, 0) is 4.74 Å². The molecule has 2 heterocycles. The van der Waals surface area contributed by atoms with E-state index in [0.717, 1.165) is 38.0 Å². The van der Waals surface area contributed by atoms with Crippen molar-refractivity contribution >= 4 is 0 Å². The Morgan fingerprint density at radius 1 is 1.37 bits per heavy atom. The first-order chi connectivity index (χ1) is 9.29. The zero-order valence-electron chi connectivity index (χ0n) is 11.7. The SMILES string of the molecule is Cc1cccc(OC2CN(CCC3CCOC3)C2)c1. The second-order valence-electron chi connectivity index (χ2n) is 5.83. The molecule has 0 N–H and O–H groups in total. The van der Waals surface area contributed by atoms with Crippen molar-refractivity contribution in [2.75, 3.05) is 32.8 Å². The molecule has 0 radical (unpaired) electrons. The molecule has 3 nitrogen and oxygen atoms in total. The quantitative estimate of drug-likeness (QED) is 0.813. The normalized spacial score (nSPS) is 24.4. The fourth-order valence-electron chi connectivity index (χ4n) is 2.84. The van der Waals surface area contributed by atoms with Gasteiger partial charge in [0, 0.05) is 26.3 Å². The van der Waals surface area contributed by atoms with E-state index in [1.54, 1.807) is 0 Å². The van der Waals surface area contributed by atoms with Gasteiger partial charge >= 0.3 is 0 Å². The Bertz CT molecular complexity index is 409. The van der Waals surface area contributed by atoms with Gasteiger partial charge in [-0.3, -0.25) is 4.90 Å². The van der Waals surface area contributed by atoms with E-state index in [9.17, 15) is 0 Å². The first-order valence-corrected chi connectivity index (χ1v) is 7.33. The third-order valence-corrected chi connectivity index (χ3v) is 4.09. The van der Waals surface area contributed by atoms with E-state index in [2.05, 4.69) is 30.0 Å². The molecule has 0 aromatic heterocycles. The molecule has 1 aromatic rings. The van der Waals surface area contributed by atoms with E-state index in [-0.39, 0.29) is 0 Å². The molecule has 3 heteroatoms. The molecular formula is C16H23NO2. The van der Waals surface area contributed by atoms with Gasteiger partial charge in [-0.15, -0.1) is 0 Å². The summed E-state index contributed by atoms with van der Waals surface area (Å²) >= 11 is 0. The lowest BCUT2D eigenvalue weighted by atomic mass is 10.0. The summed E-state index contributed by atoms with van der Waals surface area (Å²) in [6.45, 7) is 7.37. The lowest BCUT2D eigenvalue weighted by molar-refractivity contribution is 0.0164. The van der Waals surface area contributed by atoms with Crippen LogP contribution < -0.4 is 4.74 Å². The zero-order valence-corrected chi connectivity index (χ0v) is 11.7. The fourth-order valence-corrected chi connectivity index (χ4v) is 2.84. The molecule has 0 spiro atoms. The summed E-state index contributed by atoms with van der Waals surface area (Å²) in [7, 11) is 0. The Kier molecular flexibility index (Phi) is 4.04. The minimum absolute atomic E-state index is 0.377. The largest absolute Gasteiger partial charge is 0.488 e. The highest BCUT2D eigenvalue weighted by atomic mass is 16.5. The van der Waals surface area contributed by atoms with Crippen molar-refractivity contribution in [3.05, 3.63) is 29.8 Å². The highest BCUT2D eigenvalue weighted by Gasteiger charge is 2.29. The van der Waals surface area contributed by atoms with Crippen LogP contribution in [0, 0.1) is 12.8 Å². The van der Waals surface area contributed by atoms with Crippen LogP contribution in [0.3, 0.4) is 0 Å². The van der Waals surface area contributed by atoms with Crippen molar-refractivity contribution in [1.82, 2.24) is 4.90 Å². The number of aryl methyl sites for hydroxylation is 1. The molecule has 1 unspecified atom stereocenters. The maximum absolute atomic E-state index is 5.97. The topological polar surface area (TPSA) is 21.7 Å². The summed E-state index contributed by atoms with van der Waals surface area (Å²) in [6.07, 6.45) is 2.90. The molecule has 2 aliphatic rings. The van der Waals surface area contributed by atoms with Crippen LogP contribution >= 0.6 is 0 Å². The van der Waals surface area contributed by atoms with Crippen molar-refractivity contribution < 1.29 is 9.47 Å². The Labute approximate surface area is 115 Å². The van der Waals surface area contributed by atoms with Crippen LogP contribution in [-0.4, -0.2) is 43.9 Å². The van der Waals surface area contributed by atoms with Gasteiger partial charge in [0.2, 0.25) is 0 Å². The Balaban J connectivity index is 1.36. The van der Waals surface area contributed by atoms with Gasteiger partial charge in [-0.1, -0.05) is 12.1 Å². The minimum atomic E-state index is 0.377. The number of benzene rings is 1. The van der Waals surface area contributed by atoms with Gasteiger partial charge in [-0.25, -0.2) is 0 Å². The number of hydrogen-bond acceptors (Lipinski definition) is 3. The average molecular weight is 261 g/mol. The molecular weight excluding hydrogens is 238 g/mol. The Morgan fingerprint density at radius 3 is 3.00 bits per heavy atom. The standard InChI is InChI=1S/C16H23NO2/c1-13-3-2-4-15(9-13)19-16-10-17(11-16)7-5-14-6-8-18-12-14/h2-4,9,14,16H,5-8,10-12H2,1H3. The predicted octanol–water partition coefficient (Wildman–Crippen LogP) is 2.48. The molecule has 19 heavy (non-hydrogen) atoms. The van der Waals surface area contributed by atoms with Gasteiger partial charge in [0.1, 0.15) is 11.9 Å². The number of rotatable bonds is 5. The molecule has 2 aliphatic heterocycles. The molecule has 0 saturated carbocycles. The monoisotopic (exact) mass is 261 g/mol. The second kappa shape index (κ2) is 5.93. The van der Waals surface area contributed by atoms with Crippen LogP contribution in [0.5, 0.6) is 5.75 Å². The third-order valence-electron chi connectivity index (χ3n) is 4.09. The molecule has 104 valence electrons. The van der Waals surface area contributed by atoms with Crippen molar-refractivity contribution in [2.24, 2.45) is 5.92 Å². The minimum Gasteiger partial charge on any atom is -0.488 e.